The maximum Gasteiger partial charge on any atom is 0.338 e. The molecule has 0 spiro atoms. The molecule has 0 unspecified atom stereocenters. The molecule has 0 saturated carbocycles. The largest absolute Gasteiger partial charge is 0.457 e. The molecule has 128 valence electrons. The molecule has 0 fully saturated rings. The zero-order chi connectivity index (χ0) is 17.7. The summed E-state index contributed by atoms with van der Waals surface area (Å²) in [5, 5.41) is 0. The Morgan fingerprint density at radius 3 is 2.12 bits per heavy atom. The molecule has 24 heavy (non-hydrogen) atoms. The first kappa shape index (κ1) is 18.5. The van der Waals surface area contributed by atoms with Crippen molar-refractivity contribution < 1.29 is 17.9 Å². The van der Waals surface area contributed by atoms with E-state index in [0.717, 1.165) is 14.8 Å². The minimum atomic E-state index is -3.50. The van der Waals surface area contributed by atoms with Gasteiger partial charge in [0.05, 0.1) is 10.5 Å². The Balaban J connectivity index is 2.02. The fourth-order valence-corrected chi connectivity index (χ4v) is 3.24. The normalized spacial score (nSPS) is 11.5. The van der Waals surface area contributed by atoms with Crippen LogP contribution >= 0.6 is 11.8 Å². The van der Waals surface area contributed by atoms with Gasteiger partial charge in [0.2, 0.25) is 10.0 Å². The van der Waals surface area contributed by atoms with Gasteiger partial charge >= 0.3 is 5.97 Å². The molecular formula is C17H19NO4S2. The number of hydrogen-bond acceptors (Lipinski definition) is 5. The molecule has 0 aliphatic heterocycles. The molecule has 0 atom stereocenters. The van der Waals surface area contributed by atoms with Crippen LogP contribution in [0.25, 0.3) is 0 Å². The fraction of sp³-hybridized carbons (Fsp3) is 0.235. The second-order valence-corrected chi connectivity index (χ2v) is 8.27. The molecule has 0 N–H and O–H groups in total. The quantitative estimate of drug-likeness (QED) is 0.582. The van der Waals surface area contributed by atoms with Crippen molar-refractivity contribution >= 4 is 27.8 Å². The van der Waals surface area contributed by atoms with Crippen LogP contribution in [0.1, 0.15) is 15.9 Å². The van der Waals surface area contributed by atoms with Crippen molar-refractivity contribution in [2.75, 3.05) is 20.4 Å². The second kappa shape index (κ2) is 7.83. The Kier molecular flexibility index (Phi) is 6.04. The standard InChI is InChI=1S/C17H19NO4S2/c1-18(2)24(20,21)16-10-6-14(7-11-16)17(19)22-12-13-4-8-15(23-3)9-5-13/h4-11H,12H2,1-3H3. The van der Waals surface area contributed by atoms with Gasteiger partial charge in [-0.2, -0.15) is 0 Å². The minimum absolute atomic E-state index is 0.136. The summed E-state index contributed by atoms with van der Waals surface area (Å²) in [6.45, 7) is 0.172. The summed E-state index contributed by atoms with van der Waals surface area (Å²) in [5.41, 5.74) is 1.21. The molecule has 5 nitrogen and oxygen atoms in total. The molecule has 0 radical (unpaired) electrons. The summed E-state index contributed by atoms with van der Waals surface area (Å²) in [7, 11) is -0.586. The van der Waals surface area contributed by atoms with Gasteiger partial charge in [-0.25, -0.2) is 17.5 Å². The maximum absolute atomic E-state index is 12.0. The van der Waals surface area contributed by atoms with Gasteiger partial charge in [0.1, 0.15) is 6.61 Å². The molecule has 2 aromatic carbocycles. The highest BCUT2D eigenvalue weighted by molar-refractivity contribution is 7.98. The number of nitrogens with zero attached hydrogens (tertiary/aromatic N) is 1. The lowest BCUT2D eigenvalue weighted by Gasteiger charge is -2.11. The van der Waals surface area contributed by atoms with Crippen LogP contribution in [0.5, 0.6) is 0 Å². The van der Waals surface area contributed by atoms with E-state index in [1.165, 1.54) is 38.4 Å². The zero-order valence-electron chi connectivity index (χ0n) is 13.7. The lowest BCUT2D eigenvalue weighted by atomic mass is 10.2. The zero-order valence-corrected chi connectivity index (χ0v) is 15.4. The van der Waals surface area contributed by atoms with Gasteiger partial charge in [-0.3, -0.25) is 0 Å². The summed E-state index contributed by atoms with van der Waals surface area (Å²) in [6, 6.07) is 13.5. The van der Waals surface area contributed by atoms with Gasteiger partial charge < -0.3 is 4.74 Å². The summed E-state index contributed by atoms with van der Waals surface area (Å²) in [5.74, 6) is -0.488. The molecule has 0 bridgehead atoms. The number of benzene rings is 2. The van der Waals surface area contributed by atoms with E-state index in [9.17, 15) is 13.2 Å². The number of thioether (sulfide) groups is 1. The van der Waals surface area contributed by atoms with Crippen molar-refractivity contribution in [3.63, 3.8) is 0 Å². The highest BCUT2D eigenvalue weighted by Gasteiger charge is 2.17. The van der Waals surface area contributed by atoms with Crippen molar-refractivity contribution in [3.05, 3.63) is 59.7 Å². The molecule has 0 aliphatic carbocycles. The SMILES string of the molecule is CSc1ccc(COC(=O)c2ccc(S(=O)(=O)N(C)C)cc2)cc1. The molecule has 7 heteroatoms. The van der Waals surface area contributed by atoms with E-state index in [1.807, 2.05) is 30.5 Å². The van der Waals surface area contributed by atoms with E-state index in [-0.39, 0.29) is 11.5 Å². The highest BCUT2D eigenvalue weighted by Crippen LogP contribution is 2.17. The Morgan fingerprint density at radius 1 is 1.04 bits per heavy atom. The molecule has 2 rings (SSSR count). The van der Waals surface area contributed by atoms with Gasteiger partial charge in [0, 0.05) is 19.0 Å². The van der Waals surface area contributed by atoms with Crippen molar-refractivity contribution in [1.82, 2.24) is 4.31 Å². The number of hydrogen-bond donors (Lipinski definition) is 0. The van der Waals surface area contributed by atoms with Crippen LogP contribution in [0.15, 0.2) is 58.3 Å². The number of ether oxygens (including phenoxy) is 1. The predicted molar refractivity (Wildman–Crippen MR) is 94.7 cm³/mol. The Hall–Kier alpha value is -1.83. The van der Waals surface area contributed by atoms with E-state index >= 15 is 0 Å². The summed E-state index contributed by atoms with van der Waals surface area (Å²) >= 11 is 1.64. The fourth-order valence-electron chi connectivity index (χ4n) is 1.93. The number of rotatable bonds is 6. The number of carbonyl (C=O) groups is 1. The van der Waals surface area contributed by atoms with E-state index in [1.54, 1.807) is 11.8 Å². The Bertz CT molecular complexity index is 797. The van der Waals surface area contributed by atoms with Crippen LogP contribution in [0.4, 0.5) is 0 Å². The van der Waals surface area contributed by atoms with Crippen molar-refractivity contribution in [3.8, 4) is 0 Å². The summed E-state index contributed by atoms with van der Waals surface area (Å²) in [6.07, 6.45) is 2.00. The molecule has 0 aliphatic rings. The van der Waals surface area contributed by atoms with Crippen LogP contribution < -0.4 is 0 Å². The third-order valence-electron chi connectivity index (χ3n) is 3.40. The molecule has 2 aromatic rings. The lowest BCUT2D eigenvalue weighted by molar-refractivity contribution is 0.0472. The molecular weight excluding hydrogens is 346 g/mol. The van der Waals surface area contributed by atoms with Crippen LogP contribution in [0, 0.1) is 0 Å². The Morgan fingerprint density at radius 2 is 1.62 bits per heavy atom. The smallest absolute Gasteiger partial charge is 0.338 e. The monoisotopic (exact) mass is 365 g/mol. The maximum atomic E-state index is 12.0. The van der Waals surface area contributed by atoms with Gasteiger partial charge in [-0.1, -0.05) is 12.1 Å². The van der Waals surface area contributed by atoms with Crippen molar-refractivity contribution in [1.29, 1.82) is 0 Å². The van der Waals surface area contributed by atoms with E-state index in [2.05, 4.69) is 0 Å². The number of esters is 1. The molecule has 0 saturated heterocycles. The summed E-state index contributed by atoms with van der Waals surface area (Å²) < 4.78 is 30.3. The number of carbonyl (C=O) groups excluding carboxylic acids is 1. The van der Waals surface area contributed by atoms with Crippen molar-refractivity contribution in [2.45, 2.75) is 16.4 Å². The first-order valence-corrected chi connectivity index (χ1v) is 9.83. The Labute approximate surface area is 146 Å². The third-order valence-corrected chi connectivity index (χ3v) is 5.97. The second-order valence-electron chi connectivity index (χ2n) is 5.24. The molecule has 0 amide bonds. The van der Waals surface area contributed by atoms with Crippen LogP contribution in [-0.2, 0) is 21.4 Å². The average molecular weight is 365 g/mol. The predicted octanol–water partition coefficient (Wildman–Crippen LogP) is 3.02. The lowest BCUT2D eigenvalue weighted by Crippen LogP contribution is -2.22. The van der Waals surface area contributed by atoms with Crippen molar-refractivity contribution in [2.24, 2.45) is 0 Å². The summed E-state index contributed by atoms with van der Waals surface area (Å²) in [4.78, 5) is 13.3. The molecule has 0 aromatic heterocycles. The van der Waals surface area contributed by atoms with Crippen LogP contribution in [-0.4, -0.2) is 39.0 Å². The first-order valence-electron chi connectivity index (χ1n) is 7.17. The van der Waals surface area contributed by atoms with E-state index < -0.39 is 16.0 Å². The third kappa shape index (κ3) is 4.37. The molecule has 0 heterocycles. The first-order chi connectivity index (χ1) is 11.3. The van der Waals surface area contributed by atoms with E-state index in [4.69, 9.17) is 4.74 Å². The van der Waals surface area contributed by atoms with Gasteiger partial charge in [-0.15, -0.1) is 11.8 Å². The van der Waals surface area contributed by atoms with E-state index in [0.29, 0.717) is 5.56 Å². The van der Waals surface area contributed by atoms with Crippen LogP contribution in [0.2, 0.25) is 0 Å². The highest BCUT2D eigenvalue weighted by atomic mass is 32.2. The minimum Gasteiger partial charge on any atom is -0.457 e. The van der Waals surface area contributed by atoms with Gasteiger partial charge in [0.25, 0.3) is 0 Å². The van der Waals surface area contributed by atoms with Gasteiger partial charge in [-0.05, 0) is 48.2 Å². The number of sulfonamides is 1. The average Bonchev–Trinajstić information content (AvgIpc) is 2.60. The topological polar surface area (TPSA) is 63.7 Å². The van der Waals surface area contributed by atoms with Crippen LogP contribution in [0.3, 0.4) is 0 Å². The van der Waals surface area contributed by atoms with Gasteiger partial charge in [0.15, 0.2) is 0 Å².